The van der Waals surface area contributed by atoms with E-state index in [-0.39, 0.29) is 12.0 Å². The predicted octanol–water partition coefficient (Wildman–Crippen LogP) is 2.73. The molecule has 1 aromatic carbocycles. The van der Waals surface area contributed by atoms with Crippen LogP contribution in [0.5, 0.6) is 5.75 Å². The summed E-state index contributed by atoms with van der Waals surface area (Å²) in [6.07, 6.45) is 3.72. The van der Waals surface area contributed by atoms with E-state index in [4.69, 9.17) is 9.47 Å². The number of aliphatic hydroxyl groups excluding tert-OH is 1. The van der Waals surface area contributed by atoms with Gasteiger partial charge < -0.3 is 14.6 Å². The smallest absolute Gasteiger partial charge is 0.122 e. The average Bonchev–Trinajstić information content (AvgIpc) is 2.47. The minimum absolute atomic E-state index is 0.229. The molecule has 2 aliphatic rings. The highest BCUT2D eigenvalue weighted by Gasteiger charge is 2.29. The summed E-state index contributed by atoms with van der Waals surface area (Å²) in [6.45, 7) is 2.41. The summed E-state index contributed by atoms with van der Waals surface area (Å²) in [5.74, 6) is 1.79. The summed E-state index contributed by atoms with van der Waals surface area (Å²) in [6, 6.07) is 8.11. The Balaban J connectivity index is 1.68. The number of fused-ring (bicyclic) bond motifs is 1. The number of hydrogen-bond donors (Lipinski definition) is 1. The summed E-state index contributed by atoms with van der Waals surface area (Å²) in [7, 11) is 0. The fourth-order valence-corrected chi connectivity index (χ4v) is 3.26. The molecule has 3 rings (SSSR count). The van der Waals surface area contributed by atoms with Gasteiger partial charge in [-0.15, -0.1) is 0 Å². The van der Waals surface area contributed by atoms with Gasteiger partial charge in [0, 0.05) is 19.1 Å². The first-order valence-electron chi connectivity index (χ1n) is 7.32. The lowest BCUT2D eigenvalue weighted by atomic mass is 9.82. The molecule has 0 aliphatic carbocycles. The third-order valence-electron chi connectivity index (χ3n) is 4.39. The molecule has 1 fully saturated rings. The van der Waals surface area contributed by atoms with Gasteiger partial charge in [-0.25, -0.2) is 0 Å². The fraction of sp³-hybridized carbons (Fsp3) is 0.625. The molecule has 19 heavy (non-hydrogen) atoms. The van der Waals surface area contributed by atoms with Gasteiger partial charge in [0.25, 0.3) is 0 Å². The standard InChI is InChI=1S/C16H22O3/c17-15(11-12-5-8-18-9-6-12)13-7-10-19-16-4-2-1-3-14(13)16/h1-4,12-13,15,17H,5-11H2. The molecule has 0 bridgehead atoms. The van der Waals surface area contributed by atoms with Crippen LogP contribution in [0.1, 0.15) is 37.2 Å². The van der Waals surface area contributed by atoms with Crippen molar-refractivity contribution < 1.29 is 14.6 Å². The zero-order valence-corrected chi connectivity index (χ0v) is 11.3. The molecule has 2 aliphatic heterocycles. The summed E-state index contributed by atoms with van der Waals surface area (Å²) in [4.78, 5) is 0. The molecular weight excluding hydrogens is 240 g/mol. The van der Waals surface area contributed by atoms with Crippen LogP contribution in [-0.2, 0) is 4.74 Å². The van der Waals surface area contributed by atoms with Crippen molar-refractivity contribution >= 4 is 0 Å². The highest BCUT2D eigenvalue weighted by atomic mass is 16.5. The van der Waals surface area contributed by atoms with Gasteiger partial charge in [-0.1, -0.05) is 18.2 Å². The molecular formula is C16H22O3. The molecule has 1 N–H and O–H groups in total. The normalized spacial score (nSPS) is 25.4. The van der Waals surface area contributed by atoms with Crippen LogP contribution in [0.15, 0.2) is 24.3 Å². The van der Waals surface area contributed by atoms with E-state index in [1.165, 1.54) is 5.56 Å². The van der Waals surface area contributed by atoms with Crippen molar-refractivity contribution in [2.75, 3.05) is 19.8 Å². The van der Waals surface area contributed by atoms with Crippen LogP contribution in [0.3, 0.4) is 0 Å². The first kappa shape index (κ1) is 12.9. The van der Waals surface area contributed by atoms with Gasteiger partial charge in [0.2, 0.25) is 0 Å². The number of rotatable bonds is 3. The Labute approximate surface area is 114 Å². The van der Waals surface area contributed by atoms with Gasteiger partial charge in [-0.2, -0.15) is 0 Å². The molecule has 2 unspecified atom stereocenters. The lowest BCUT2D eigenvalue weighted by molar-refractivity contribution is 0.0331. The van der Waals surface area contributed by atoms with E-state index >= 15 is 0 Å². The molecule has 0 spiro atoms. The topological polar surface area (TPSA) is 38.7 Å². The third-order valence-corrected chi connectivity index (χ3v) is 4.39. The van der Waals surface area contributed by atoms with Crippen LogP contribution in [0, 0.1) is 5.92 Å². The van der Waals surface area contributed by atoms with Crippen LogP contribution in [0.25, 0.3) is 0 Å². The zero-order valence-electron chi connectivity index (χ0n) is 11.3. The first-order chi connectivity index (χ1) is 9.34. The van der Waals surface area contributed by atoms with Crippen LogP contribution in [0.4, 0.5) is 0 Å². The number of hydrogen-bond acceptors (Lipinski definition) is 3. The number of aliphatic hydroxyl groups is 1. The van der Waals surface area contributed by atoms with Crippen molar-refractivity contribution in [3.8, 4) is 5.75 Å². The minimum Gasteiger partial charge on any atom is -0.493 e. The Morgan fingerprint density at radius 2 is 1.89 bits per heavy atom. The number of ether oxygens (including phenoxy) is 2. The maximum atomic E-state index is 10.6. The van der Waals surface area contributed by atoms with Gasteiger partial charge >= 0.3 is 0 Å². The molecule has 104 valence electrons. The van der Waals surface area contributed by atoms with E-state index < -0.39 is 0 Å². The van der Waals surface area contributed by atoms with Crippen LogP contribution in [-0.4, -0.2) is 31.0 Å². The highest BCUT2D eigenvalue weighted by Crippen LogP contribution is 2.38. The van der Waals surface area contributed by atoms with E-state index in [0.717, 1.165) is 44.6 Å². The van der Waals surface area contributed by atoms with E-state index in [1.807, 2.05) is 18.2 Å². The molecule has 2 heterocycles. The van der Waals surface area contributed by atoms with Gasteiger partial charge in [-0.3, -0.25) is 0 Å². The van der Waals surface area contributed by atoms with Crippen molar-refractivity contribution in [1.29, 1.82) is 0 Å². The van der Waals surface area contributed by atoms with Crippen molar-refractivity contribution in [3.63, 3.8) is 0 Å². The second kappa shape index (κ2) is 5.93. The summed E-state index contributed by atoms with van der Waals surface area (Å²) in [5.41, 5.74) is 1.17. The Hall–Kier alpha value is -1.06. The van der Waals surface area contributed by atoms with Gasteiger partial charge in [0.05, 0.1) is 12.7 Å². The Morgan fingerprint density at radius 1 is 1.11 bits per heavy atom. The van der Waals surface area contributed by atoms with E-state index in [1.54, 1.807) is 0 Å². The van der Waals surface area contributed by atoms with Gasteiger partial charge in [0.1, 0.15) is 5.75 Å². The Kier molecular flexibility index (Phi) is 4.04. The second-order valence-corrected chi connectivity index (χ2v) is 5.64. The number of benzene rings is 1. The molecule has 0 aromatic heterocycles. The number of para-hydroxylation sites is 1. The Morgan fingerprint density at radius 3 is 2.74 bits per heavy atom. The molecule has 2 atom stereocenters. The fourth-order valence-electron chi connectivity index (χ4n) is 3.26. The lowest BCUT2D eigenvalue weighted by Crippen LogP contribution is -2.28. The molecule has 1 saturated heterocycles. The third kappa shape index (κ3) is 2.93. The average molecular weight is 262 g/mol. The monoisotopic (exact) mass is 262 g/mol. The maximum Gasteiger partial charge on any atom is 0.122 e. The SMILES string of the molecule is OC(CC1CCOCC1)C1CCOc2ccccc21. The second-order valence-electron chi connectivity index (χ2n) is 5.64. The Bertz CT molecular complexity index is 412. The summed E-state index contributed by atoms with van der Waals surface area (Å²) >= 11 is 0. The van der Waals surface area contributed by atoms with Crippen LogP contribution >= 0.6 is 0 Å². The van der Waals surface area contributed by atoms with Gasteiger partial charge in [0.15, 0.2) is 0 Å². The molecule has 1 aromatic rings. The summed E-state index contributed by atoms with van der Waals surface area (Å²) in [5, 5.41) is 10.6. The minimum atomic E-state index is -0.256. The van der Waals surface area contributed by atoms with Crippen molar-refractivity contribution in [1.82, 2.24) is 0 Å². The molecule has 0 radical (unpaired) electrons. The zero-order chi connectivity index (χ0) is 13.1. The molecule has 3 heteroatoms. The predicted molar refractivity (Wildman–Crippen MR) is 73.5 cm³/mol. The quantitative estimate of drug-likeness (QED) is 0.910. The van der Waals surface area contributed by atoms with Crippen LogP contribution in [0.2, 0.25) is 0 Å². The largest absolute Gasteiger partial charge is 0.493 e. The van der Waals surface area contributed by atoms with E-state index in [9.17, 15) is 5.11 Å². The molecule has 0 saturated carbocycles. The van der Waals surface area contributed by atoms with E-state index in [0.29, 0.717) is 12.5 Å². The molecule has 3 nitrogen and oxygen atoms in total. The maximum absolute atomic E-state index is 10.6. The lowest BCUT2D eigenvalue weighted by Gasteiger charge is -2.32. The van der Waals surface area contributed by atoms with Crippen molar-refractivity contribution in [2.45, 2.75) is 37.7 Å². The van der Waals surface area contributed by atoms with E-state index in [2.05, 4.69) is 6.07 Å². The van der Waals surface area contributed by atoms with Crippen molar-refractivity contribution in [3.05, 3.63) is 29.8 Å². The van der Waals surface area contributed by atoms with Gasteiger partial charge in [-0.05, 0) is 43.2 Å². The van der Waals surface area contributed by atoms with Crippen LogP contribution < -0.4 is 4.74 Å². The van der Waals surface area contributed by atoms with Crippen molar-refractivity contribution in [2.24, 2.45) is 5.92 Å². The first-order valence-corrected chi connectivity index (χ1v) is 7.32. The summed E-state index contributed by atoms with van der Waals surface area (Å²) < 4.78 is 11.0. The molecule has 0 amide bonds. The highest BCUT2D eigenvalue weighted by molar-refractivity contribution is 5.38.